The fraction of sp³-hybridized carbons (Fsp3) is 0.231. The zero-order chi connectivity index (χ0) is 13.1. The summed E-state index contributed by atoms with van der Waals surface area (Å²) in [6.45, 7) is 1.85. The Kier molecular flexibility index (Phi) is 4.01. The highest BCUT2D eigenvalue weighted by Gasteiger charge is 2.16. The molecule has 1 heterocycles. The molecule has 2 aromatic rings. The molecule has 0 radical (unpaired) electrons. The maximum atomic E-state index is 13.7. The van der Waals surface area contributed by atoms with Gasteiger partial charge in [0.2, 0.25) is 0 Å². The van der Waals surface area contributed by atoms with Crippen molar-refractivity contribution in [3.05, 3.63) is 58.3 Å². The SMILES string of the molecule is Cc1ccc(C(Cc2ccc(Cl)cc2F)NN)o1. The molecule has 96 valence electrons. The molecule has 0 bridgehead atoms. The highest BCUT2D eigenvalue weighted by Crippen LogP contribution is 2.23. The van der Waals surface area contributed by atoms with Crippen LogP contribution < -0.4 is 11.3 Å². The number of halogens is 2. The molecule has 1 unspecified atom stereocenters. The molecule has 0 aliphatic carbocycles. The molecule has 0 saturated heterocycles. The lowest BCUT2D eigenvalue weighted by Crippen LogP contribution is -2.29. The Hall–Kier alpha value is -1.36. The van der Waals surface area contributed by atoms with E-state index in [1.54, 1.807) is 12.1 Å². The second kappa shape index (κ2) is 5.52. The third-order valence-corrected chi connectivity index (χ3v) is 2.98. The molecule has 0 spiro atoms. The van der Waals surface area contributed by atoms with Crippen LogP contribution in [-0.4, -0.2) is 0 Å². The smallest absolute Gasteiger partial charge is 0.127 e. The molecule has 1 atom stereocenters. The number of hydrogen-bond acceptors (Lipinski definition) is 3. The van der Waals surface area contributed by atoms with Gasteiger partial charge in [0, 0.05) is 5.02 Å². The molecule has 3 N–H and O–H groups in total. The van der Waals surface area contributed by atoms with Crippen molar-refractivity contribution in [3.63, 3.8) is 0 Å². The van der Waals surface area contributed by atoms with E-state index in [2.05, 4.69) is 5.43 Å². The van der Waals surface area contributed by atoms with Crippen LogP contribution in [0.4, 0.5) is 4.39 Å². The summed E-state index contributed by atoms with van der Waals surface area (Å²) in [5, 5.41) is 0.377. The number of furan rings is 1. The van der Waals surface area contributed by atoms with Crippen molar-refractivity contribution in [2.75, 3.05) is 0 Å². The summed E-state index contributed by atoms with van der Waals surface area (Å²) < 4.78 is 19.2. The maximum absolute atomic E-state index is 13.7. The topological polar surface area (TPSA) is 51.2 Å². The molecular weight excluding hydrogens is 255 g/mol. The Bertz CT molecular complexity index is 542. The van der Waals surface area contributed by atoms with Crippen molar-refractivity contribution in [1.29, 1.82) is 0 Å². The van der Waals surface area contributed by atoms with E-state index in [0.29, 0.717) is 22.8 Å². The average molecular weight is 269 g/mol. The van der Waals surface area contributed by atoms with Crippen LogP contribution in [0.1, 0.15) is 23.1 Å². The first kappa shape index (κ1) is 13.1. The second-order valence-electron chi connectivity index (χ2n) is 4.11. The largest absolute Gasteiger partial charge is 0.465 e. The summed E-state index contributed by atoms with van der Waals surface area (Å²) in [7, 11) is 0. The fourth-order valence-corrected chi connectivity index (χ4v) is 1.95. The van der Waals surface area contributed by atoms with Gasteiger partial charge >= 0.3 is 0 Å². The van der Waals surface area contributed by atoms with Crippen LogP contribution in [0.15, 0.2) is 34.7 Å². The van der Waals surface area contributed by atoms with Crippen LogP contribution in [-0.2, 0) is 6.42 Å². The molecule has 0 aliphatic rings. The number of benzene rings is 1. The Balaban J connectivity index is 2.20. The molecule has 5 heteroatoms. The average Bonchev–Trinajstić information content (AvgIpc) is 2.75. The van der Waals surface area contributed by atoms with E-state index in [0.717, 1.165) is 5.76 Å². The van der Waals surface area contributed by atoms with Crippen LogP contribution in [0.2, 0.25) is 5.02 Å². The normalized spacial score (nSPS) is 12.7. The number of nitrogens with two attached hydrogens (primary N) is 1. The Morgan fingerprint density at radius 1 is 1.39 bits per heavy atom. The summed E-state index contributed by atoms with van der Waals surface area (Å²) in [6, 6.07) is 8.00. The number of hydrogen-bond donors (Lipinski definition) is 2. The standard InChI is InChI=1S/C13H14ClFN2O/c1-8-2-5-13(18-8)12(17-16)6-9-3-4-10(14)7-11(9)15/h2-5,7,12,17H,6,16H2,1H3. The predicted octanol–water partition coefficient (Wildman–Crippen LogP) is 3.13. The zero-order valence-corrected chi connectivity index (χ0v) is 10.7. The summed E-state index contributed by atoms with van der Waals surface area (Å²) in [4.78, 5) is 0. The summed E-state index contributed by atoms with van der Waals surface area (Å²) in [5.74, 6) is 6.62. The van der Waals surface area contributed by atoms with Crippen molar-refractivity contribution in [2.24, 2.45) is 5.84 Å². The van der Waals surface area contributed by atoms with Crippen LogP contribution in [0.25, 0.3) is 0 Å². The van der Waals surface area contributed by atoms with Crippen molar-refractivity contribution in [3.8, 4) is 0 Å². The molecule has 18 heavy (non-hydrogen) atoms. The lowest BCUT2D eigenvalue weighted by molar-refractivity contribution is 0.400. The van der Waals surface area contributed by atoms with Gasteiger partial charge in [0.05, 0.1) is 6.04 Å². The maximum Gasteiger partial charge on any atom is 0.127 e. The third-order valence-electron chi connectivity index (χ3n) is 2.74. The Morgan fingerprint density at radius 2 is 2.17 bits per heavy atom. The lowest BCUT2D eigenvalue weighted by atomic mass is 10.0. The first-order valence-corrected chi connectivity index (χ1v) is 5.94. The Labute approximate surface area is 110 Å². The zero-order valence-electron chi connectivity index (χ0n) is 9.91. The fourth-order valence-electron chi connectivity index (χ4n) is 1.79. The highest BCUT2D eigenvalue weighted by atomic mass is 35.5. The van der Waals surface area contributed by atoms with Crippen molar-refractivity contribution < 1.29 is 8.81 Å². The third kappa shape index (κ3) is 2.90. The van der Waals surface area contributed by atoms with Gasteiger partial charge in [-0.3, -0.25) is 5.84 Å². The lowest BCUT2D eigenvalue weighted by Gasteiger charge is -2.14. The number of hydrazine groups is 1. The molecular formula is C13H14ClFN2O. The van der Waals surface area contributed by atoms with Crippen molar-refractivity contribution >= 4 is 11.6 Å². The Morgan fingerprint density at radius 3 is 2.72 bits per heavy atom. The minimum absolute atomic E-state index is 0.269. The summed E-state index contributed by atoms with van der Waals surface area (Å²) in [5.41, 5.74) is 3.17. The highest BCUT2D eigenvalue weighted by molar-refractivity contribution is 6.30. The van der Waals surface area contributed by atoms with Gasteiger partial charge in [0.15, 0.2) is 0 Å². The molecule has 2 rings (SSSR count). The van der Waals surface area contributed by atoms with Gasteiger partial charge < -0.3 is 4.42 Å². The first-order valence-electron chi connectivity index (χ1n) is 5.56. The second-order valence-corrected chi connectivity index (χ2v) is 4.54. The van der Waals surface area contributed by atoms with Gasteiger partial charge in [-0.15, -0.1) is 0 Å². The van der Waals surface area contributed by atoms with Crippen molar-refractivity contribution in [2.45, 2.75) is 19.4 Å². The van der Waals surface area contributed by atoms with Crippen LogP contribution in [0, 0.1) is 12.7 Å². The summed E-state index contributed by atoms with van der Waals surface area (Å²) >= 11 is 5.71. The quantitative estimate of drug-likeness (QED) is 0.662. The molecule has 1 aromatic heterocycles. The van der Waals surface area contributed by atoms with Gasteiger partial charge in [-0.1, -0.05) is 17.7 Å². The minimum Gasteiger partial charge on any atom is -0.465 e. The van der Waals surface area contributed by atoms with E-state index in [1.165, 1.54) is 6.07 Å². The van der Waals surface area contributed by atoms with Crippen LogP contribution in [0.5, 0.6) is 0 Å². The van der Waals surface area contributed by atoms with E-state index in [4.69, 9.17) is 21.9 Å². The van der Waals surface area contributed by atoms with Gasteiger partial charge in [0.25, 0.3) is 0 Å². The molecule has 3 nitrogen and oxygen atoms in total. The number of rotatable bonds is 4. The van der Waals surface area contributed by atoms with E-state index in [9.17, 15) is 4.39 Å². The van der Waals surface area contributed by atoms with Gasteiger partial charge in [-0.2, -0.15) is 0 Å². The molecule has 0 saturated carbocycles. The monoisotopic (exact) mass is 268 g/mol. The van der Waals surface area contributed by atoms with E-state index in [-0.39, 0.29) is 11.9 Å². The van der Waals surface area contributed by atoms with Gasteiger partial charge in [-0.05, 0) is 43.2 Å². The van der Waals surface area contributed by atoms with E-state index in [1.807, 2.05) is 19.1 Å². The van der Waals surface area contributed by atoms with E-state index >= 15 is 0 Å². The minimum atomic E-state index is -0.342. The number of aryl methyl sites for hydroxylation is 1. The first-order chi connectivity index (χ1) is 8.60. The van der Waals surface area contributed by atoms with Crippen molar-refractivity contribution in [1.82, 2.24) is 5.43 Å². The van der Waals surface area contributed by atoms with Gasteiger partial charge in [0.1, 0.15) is 17.3 Å². The van der Waals surface area contributed by atoms with Crippen LogP contribution >= 0.6 is 11.6 Å². The van der Waals surface area contributed by atoms with Gasteiger partial charge in [-0.25, -0.2) is 9.82 Å². The molecule has 0 amide bonds. The molecule has 1 aromatic carbocycles. The summed E-state index contributed by atoms with van der Waals surface area (Å²) in [6.07, 6.45) is 0.395. The predicted molar refractivity (Wildman–Crippen MR) is 68.6 cm³/mol. The van der Waals surface area contributed by atoms with Crippen LogP contribution in [0.3, 0.4) is 0 Å². The molecule has 0 fully saturated rings. The van der Waals surface area contributed by atoms with E-state index < -0.39 is 0 Å². The number of nitrogens with one attached hydrogen (secondary N) is 1. The molecule has 0 aliphatic heterocycles.